The van der Waals surface area contributed by atoms with E-state index >= 15 is 0 Å². The third kappa shape index (κ3) is 2.96. The monoisotopic (exact) mass is 359 g/mol. The summed E-state index contributed by atoms with van der Waals surface area (Å²) >= 11 is 0. The zero-order chi connectivity index (χ0) is 18.1. The molecule has 0 aliphatic heterocycles. The third-order valence-corrected chi connectivity index (χ3v) is 4.48. The summed E-state index contributed by atoms with van der Waals surface area (Å²) in [5.74, 6) is -0.193. The first-order chi connectivity index (χ1) is 12.6. The van der Waals surface area contributed by atoms with Crippen LogP contribution in [0.25, 0.3) is 11.5 Å². The van der Waals surface area contributed by atoms with Crippen LogP contribution < -0.4 is 5.32 Å². The molecule has 1 saturated carbocycles. The number of rotatable bonds is 5. The Kier molecular flexibility index (Phi) is 3.98. The highest BCUT2D eigenvalue weighted by Gasteiger charge is 2.39. The van der Waals surface area contributed by atoms with Crippen LogP contribution >= 0.6 is 0 Å². The van der Waals surface area contributed by atoms with Gasteiger partial charge >= 0.3 is 6.43 Å². The summed E-state index contributed by atoms with van der Waals surface area (Å²) in [6.07, 6.45) is 2.89. The van der Waals surface area contributed by atoms with Crippen LogP contribution in [0.4, 0.5) is 14.7 Å². The first-order valence-electron chi connectivity index (χ1n) is 8.07. The van der Waals surface area contributed by atoms with Crippen LogP contribution in [0.15, 0.2) is 41.1 Å². The average Bonchev–Trinajstić information content (AvgIpc) is 3.09. The number of phenolic OH excluding ortho intramolecular Hbond substituents is 1. The first kappa shape index (κ1) is 16.4. The number of aromatic hydroxyl groups is 1. The summed E-state index contributed by atoms with van der Waals surface area (Å²) in [6.45, 7) is 0. The molecule has 9 heteroatoms. The minimum Gasteiger partial charge on any atom is -0.508 e. The summed E-state index contributed by atoms with van der Waals surface area (Å²) in [5, 5.41) is 19.9. The molecule has 7 nitrogen and oxygen atoms in total. The molecule has 134 valence electrons. The Bertz CT molecular complexity index is 910. The number of alkyl halides is 2. The lowest BCUT2D eigenvalue weighted by molar-refractivity contribution is 0.116. The minimum atomic E-state index is -2.82. The molecule has 0 radical (unpaired) electrons. The second-order valence-electron chi connectivity index (χ2n) is 6.15. The number of aromatic nitrogens is 4. The van der Waals surface area contributed by atoms with Gasteiger partial charge in [-0.15, -0.1) is 10.2 Å². The molecule has 3 aromatic rings. The fourth-order valence-electron chi connectivity index (χ4n) is 2.98. The van der Waals surface area contributed by atoms with Crippen LogP contribution in [0.3, 0.4) is 0 Å². The molecule has 2 aromatic heterocycles. The Morgan fingerprint density at radius 2 is 1.92 bits per heavy atom. The van der Waals surface area contributed by atoms with Crippen molar-refractivity contribution in [3.63, 3.8) is 0 Å². The topological polar surface area (TPSA) is 97.0 Å². The summed E-state index contributed by atoms with van der Waals surface area (Å²) in [4.78, 5) is 8.45. The molecule has 1 aliphatic rings. The molecule has 0 unspecified atom stereocenters. The first-order valence-corrected chi connectivity index (χ1v) is 8.07. The van der Waals surface area contributed by atoms with Crippen LogP contribution in [0.2, 0.25) is 0 Å². The van der Waals surface area contributed by atoms with Crippen LogP contribution in [0.5, 0.6) is 5.75 Å². The molecular weight excluding hydrogens is 344 g/mol. The van der Waals surface area contributed by atoms with Gasteiger partial charge in [-0.2, -0.15) is 8.78 Å². The fraction of sp³-hybridized carbons (Fsp3) is 0.294. The maximum Gasteiger partial charge on any atom is 0.314 e. The van der Waals surface area contributed by atoms with Gasteiger partial charge in [0.05, 0.1) is 11.1 Å². The lowest BCUT2D eigenvalue weighted by atomic mass is 9.72. The molecule has 1 fully saturated rings. The maximum atomic E-state index is 12.5. The van der Waals surface area contributed by atoms with E-state index in [1.54, 1.807) is 18.2 Å². The number of phenols is 1. The van der Waals surface area contributed by atoms with Gasteiger partial charge in [0.1, 0.15) is 5.75 Å². The van der Waals surface area contributed by atoms with Gasteiger partial charge in [0, 0.05) is 12.4 Å². The third-order valence-electron chi connectivity index (χ3n) is 4.48. The van der Waals surface area contributed by atoms with E-state index in [2.05, 4.69) is 25.5 Å². The second kappa shape index (κ2) is 6.32. The molecule has 2 N–H and O–H groups in total. The van der Waals surface area contributed by atoms with E-state index < -0.39 is 12.3 Å². The summed E-state index contributed by atoms with van der Waals surface area (Å²) in [7, 11) is 0. The van der Waals surface area contributed by atoms with Gasteiger partial charge in [-0.1, -0.05) is 12.1 Å². The zero-order valence-electron chi connectivity index (χ0n) is 13.6. The lowest BCUT2D eigenvalue weighted by Crippen LogP contribution is -2.42. The van der Waals surface area contributed by atoms with Crippen LogP contribution in [-0.2, 0) is 5.54 Å². The SMILES string of the molecule is Oc1cccc(C2(Nc3ncc(-c4nnc(C(F)F)o4)cn3)CCC2)c1. The highest BCUT2D eigenvalue weighted by Crippen LogP contribution is 2.44. The number of halogens is 2. The highest BCUT2D eigenvalue weighted by atomic mass is 19.3. The van der Waals surface area contributed by atoms with Crippen molar-refractivity contribution in [1.82, 2.24) is 20.2 Å². The van der Waals surface area contributed by atoms with E-state index in [1.807, 2.05) is 6.07 Å². The molecule has 1 aliphatic carbocycles. The maximum absolute atomic E-state index is 12.5. The van der Waals surface area contributed by atoms with Crippen LogP contribution in [-0.4, -0.2) is 25.3 Å². The van der Waals surface area contributed by atoms with Crippen molar-refractivity contribution < 1.29 is 18.3 Å². The van der Waals surface area contributed by atoms with Gasteiger partial charge < -0.3 is 14.8 Å². The largest absolute Gasteiger partial charge is 0.508 e. The Morgan fingerprint density at radius 1 is 1.15 bits per heavy atom. The zero-order valence-corrected chi connectivity index (χ0v) is 13.6. The van der Waals surface area contributed by atoms with Gasteiger partial charge in [0.15, 0.2) is 0 Å². The lowest BCUT2D eigenvalue weighted by Gasteiger charge is -2.43. The molecule has 0 atom stereocenters. The van der Waals surface area contributed by atoms with Crippen molar-refractivity contribution >= 4 is 5.95 Å². The summed E-state index contributed by atoms with van der Waals surface area (Å²) in [6, 6.07) is 7.10. The highest BCUT2D eigenvalue weighted by molar-refractivity contribution is 5.51. The average molecular weight is 359 g/mol. The van der Waals surface area contributed by atoms with Crippen LogP contribution in [0, 0.1) is 0 Å². The van der Waals surface area contributed by atoms with Crippen LogP contribution in [0.1, 0.15) is 37.1 Å². The number of anilines is 1. The molecule has 1 aromatic carbocycles. The predicted molar refractivity (Wildman–Crippen MR) is 87.5 cm³/mol. The molecule has 26 heavy (non-hydrogen) atoms. The van der Waals surface area contributed by atoms with Crippen molar-refractivity contribution in [3.8, 4) is 17.2 Å². The quantitative estimate of drug-likeness (QED) is 0.717. The molecule has 0 bridgehead atoms. The Balaban J connectivity index is 1.55. The normalized spacial score (nSPS) is 15.7. The van der Waals surface area contributed by atoms with Crippen molar-refractivity contribution in [1.29, 1.82) is 0 Å². The molecule has 4 rings (SSSR count). The van der Waals surface area contributed by atoms with Crippen molar-refractivity contribution in [2.75, 3.05) is 5.32 Å². The Hall–Kier alpha value is -3.10. The van der Waals surface area contributed by atoms with Crippen molar-refractivity contribution in [2.24, 2.45) is 0 Å². The van der Waals surface area contributed by atoms with Gasteiger partial charge in [0.25, 0.3) is 11.8 Å². The molecular formula is C17H15F2N5O2. The second-order valence-corrected chi connectivity index (χ2v) is 6.15. The standard InChI is InChI=1S/C17H15F2N5O2/c18-13(19)15-24-23-14(26-15)10-8-20-16(21-9-10)22-17(5-2-6-17)11-3-1-4-12(25)7-11/h1,3-4,7-9,13,25H,2,5-6H2,(H,20,21,22). The molecule has 2 heterocycles. The number of nitrogens with zero attached hydrogens (tertiary/aromatic N) is 4. The number of hydrogen-bond acceptors (Lipinski definition) is 7. The van der Waals surface area contributed by atoms with E-state index in [-0.39, 0.29) is 17.2 Å². The van der Waals surface area contributed by atoms with E-state index in [1.165, 1.54) is 12.4 Å². The fourth-order valence-corrected chi connectivity index (χ4v) is 2.98. The smallest absolute Gasteiger partial charge is 0.314 e. The molecule has 0 amide bonds. The number of benzene rings is 1. The van der Waals surface area contributed by atoms with Gasteiger partial charge in [0.2, 0.25) is 5.95 Å². The number of nitrogens with one attached hydrogen (secondary N) is 1. The minimum absolute atomic E-state index is 0.0572. The molecule has 0 saturated heterocycles. The van der Waals surface area contributed by atoms with Crippen molar-refractivity contribution in [2.45, 2.75) is 31.2 Å². The van der Waals surface area contributed by atoms with Gasteiger partial charge in [-0.3, -0.25) is 0 Å². The van der Waals surface area contributed by atoms with E-state index in [0.29, 0.717) is 11.5 Å². The summed E-state index contributed by atoms with van der Waals surface area (Å²) < 4.78 is 29.9. The summed E-state index contributed by atoms with van der Waals surface area (Å²) in [5.41, 5.74) is 0.998. The van der Waals surface area contributed by atoms with Crippen molar-refractivity contribution in [3.05, 3.63) is 48.1 Å². The van der Waals surface area contributed by atoms with Gasteiger partial charge in [-0.25, -0.2) is 9.97 Å². The number of hydrogen-bond donors (Lipinski definition) is 2. The Morgan fingerprint density at radius 3 is 2.50 bits per heavy atom. The predicted octanol–water partition coefficient (Wildman–Crippen LogP) is 3.66. The molecule has 0 spiro atoms. The van der Waals surface area contributed by atoms with E-state index in [0.717, 1.165) is 24.8 Å². The van der Waals surface area contributed by atoms with E-state index in [9.17, 15) is 13.9 Å². The van der Waals surface area contributed by atoms with Gasteiger partial charge in [-0.05, 0) is 37.0 Å². The van der Waals surface area contributed by atoms with E-state index in [4.69, 9.17) is 4.42 Å². The Labute approximate surface area is 147 Å².